The highest BCUT2D eigenvalue weighted by molar-refractivity contribution is 5.73. The normalized spacial score (nSPS) is 11.1. The number of nitrogens with one attached hydrogen (secondary N) is 2. The zero-order valence-electron chi connectivity index (χ0n) is 51.8. The minimum Gasteiger partial charge on any atom is -0.480 e. The van der Waals surface area contributed by atoms with Gasteiger partial charge >= 0.3 is 24.0 Å². The van der Waals surface area contributed by atoms with Gasteiger partial charge in [-0.2, -0.15) is 0 Å². The highest BCUT2D eigenvalue weighted by atomic mass is 16.5. The average Bonchev–Trinajstić information content (AvgIpc) is 3.42. The van der Waals surface area contributed by atoms with Gasteiger partial charge < -0.3 is 41.2 Å². The first-order valence-corrected chi connectivity index (χ1v) is 33.1. The molecule has 0 aliphatic carbocycles. The molecule has 77 heavy (non-hydrogen) atoms. The molecule has 1 unspecified atom stereocenters. The highest BCUT2D eigenvalue weighted by Gasteiger charge is 2.12. The van der Waals surface area contributed by atoms with E-state index in [0.29, 0.717) is 39.2 Å². The van der Waals surface area contributed by atoms with Crippen LogP contribution in [-0.2, 0) is 23.9 Å². The van der Waals surface area contributed by atoms with Gasteiger partial charge in [0.05, 0.1) is 13.2 Å². The number of nitrogens with two attached hydrogens (primary N) is 1. The van der Waals surface area contributed by atoms with Gasteiger partial charge in [0.1, 0.15) is 6.04 Å². The number of aliphatic carboxylic acids is 1. The number of aliphatic hydroxyl groups is 1. The van der Waals surface area contributed by atoms with Gasteiger partial charge in [0.2, 0.25) is 0 Å². The molecule has 0 bridgehead atoms. The lowest BCUT2D eigenvalue weighted by Crippen LogP contribution is -2.33. The van der Waals surface area contributed by atoms with Gasteiger partial charge in [0.15, 0.2) is 0 Å². The van der Waals surface area contributed by atoms with Crippen molar-refractivity contribution >= 4 is 24.0 Å². The Labute approximate surface area is 477 Å². The summed E-state index contributed by atoms with van der Waals surface area (Å²) in [4.78, 5) is 43.9. The van der Waals surface area contributed by atoms with Gasteiger partial charge in [-0.15, -0.1) is 0 Å². The van der Waals surface area contributed by atoms with Crippen molar-refractivity contribution in [3.05, 3.63) is 0 Å². The second-order valence-corrected chi connectivity index (χ2v) is 21.9. The summed E-state index contributed by atoms with van der Waals surface area (Å²) in [7, 11) is 1.68. The number of hydrogen-bond donors (Lipinski definition) is 6. The Morgan fingerprint density at radius 3 is 0.961 bits per heavy atom. The Morgan fingerprint density at radius 2 is 0.675 bits per heavy atom. The first-order valence-electron chi connectivity index (χ1n) is 33.1. The molecule has 0 aromatic rings. The monoisotopic (exact) mass is 1100 g/mol. The summed E-state index contributed by atoms with van der Waals surface area (Å²) >= 11 is 0. The lowest BCUT2D eigenvalue weighted by atomic mass is 10.0. The van der Waals surface area contributed by atoms with Crippen LogP contribution in [0.3, 0.4) is 0 Å². The van der Waals surface area contributed by atoms with Crippen LogP contribution in [0.1, 0.15) is 349 Å². The summed E-state index contributed by atoms with van der Waals surface area (Å²) in [5, 5.41) is 30.6. The van der Waals surface area contributed by atoms with Crippen molar-refractivity contribution in [3.63, 3.8) is 0 Å². The van der Waals surface area contributed by atoms with Gasteiger partial charge in [-0.25, -0.2) is 4.79 Å². The Bertz CT molecular complexity index is 1140. The van der Waals surface area contributed by atoms with Gasteiger partial charge in [0.25, 0.3) is 0 Å². The van der Waals surface area contributed by atoms with E-state index in [-0.39, 0.29) is 18.0 Å². The van der Waals surface area contributed by atoms with Crippen LogP contribution in [-0.4, -0.2) is 85.3 Å². The number of amides is 1. The van der Waals surface area contributed by atoms with Crippen molar-refractivity contribution < 1.29 is 44.0 Å². The van der Waals surface area contributed by atoms with Crippen molar-refractivity contribution in [1.29, 1.82) is 0 Å². The Hall–Kier alpha value is -2.44. The minimum absolute atomic E-state index is 0.0209. The quantitative estimate of drug-likeness (QED) is 0.0250. The van der Waals surface area contributed by atoms with Crippen LogP contribution in [0.4, 0.5) is 4.79 Å². The molecule has 12 heteroatoms. The molecular weight excluding hydrogens is 967 g/mol. The predicted octanol–water partition coefficient (Wildman–Crippen LogP) is 18.5. The Kier molecular flexibility index (Phi) is 79.6. The number of likely N-dealkylation sites (N-methyl/N-ethyl adjacent to an activating group) is 1. The maximum absolute atomic E-state index is 11.6. The molecule has 0 spiro atoms. The molecule has 12 nitrogen and oxygen atoms in total. The number of carbonyl (C=O) groups is 4. The number of ether oxygens (including phenoxy) is 2. The van der Waals surface area contributed by atoms with Crippen molar-refractivity contribution in [2.75, 3.05) is 40.0 Å². The largest absolute Gasteiger partial charge is 0.480 e. The zero-order valence-corrected chi connectivity index (χ0v) is 51.8. The molecule has 0 heterocycles. The van der Waals surface area contributed by atoms with Crippen LogP contribution >= 0.6 is 0 Å². The smallest absolute Gasteiger partial charge is 0.404 e. The number of unbranched alkanes of at least 4 members (excludes halogenated alkanes) is 41. The fourth-order valence-corrected chi connectivity index (χ4v) is 9.04. The molecule has 0 aliphatic heterocycles. The van der Waals surface area contributed by atoms with E-state index in [1.165, 1.54) is 212 Å². The fourth-order valence-electron chi connectivity index (χ4n) is 9.04. The molecule has 0 aromatic heterocycles. The van der Waals surface area contributed by atoms with E-state index in [1.807, 2.05) is 0 Å². The standard InChI is InChI=1S/C24H47NO4.C23H47NO2.C11H24O.C7H15NO2/c1-2-3-4-5-6-7-8-9-10-11-12-13-16-19-22-29-23(26)20-17-14-15-18-21-25-24(27)28;1-2-3-4-5-6-7-8-9-10-11-12-13-16-19-22-26-23(25)20-17-14-15-18-21-24;1-2-3-4-5-6-7-8-9-10-11-12;1-3-4-5-6(8-2)7(9)10/h25H,2-22H2,1H3,(H,27,28);2-22,24H2,1H3;12H,2-11H2,1H3;6,8H,3-5H2,1-2H3,(H,9,10). The fraction of sp³-hybridized carbons (Fsp3) is 0.938. The molecule has 0 aromatic carbocycles. The first-order chi connectivity index (χ1) is 37.6. The third-order valence-electron chi connectivity index (χ3n) is 14.2. The molecule has 0 aliphatic rings. The molecule has 0 rings (SSSR count). The van der Waals surface area contributed by atoms with Crippen LogP contribution in [0.5, 0.6) is 0 Å². The molecular formula is C65H133N3O9. The summed E-state index contributed by atoms with van der Waals surface area (Å²) < 4.78 is 10.6. The third-order valence-corrected chi connectivity index (χ3v) is 14.2. The Balaban J connectivity index is -0.000000503. The van der Waals surface area contributed by atoms with Crippen LogP contribution in [0.25, 0.3) is 0 Å². The number of hydrogen-bond acceptors (Lipinski definition) is 9. The SMILES string of the molecule is CCCCC(NC)C(=O)O.CCCCCCCCCCCCCCCCOC(=O)CCCCCCN.CCCCCCCCCCCCCCCCOC(=O)CCCCCCNC(=O)O.CCCCCCCCCCCO. The number of carboxylic acid groups (broad SMARTS) is 2. The average molecular weight is 1100 g/mol. The maximum Gasteiger partial charge on any atom is 0.404 e. The maximum atomic E-state index is 11.6. The molecule has 0 radical (unpaired) electrons. The summed E-state index contributed by atoms with van der Waals surface area (Å²) in [6.45, 7) is 11.6. The number of aliphatic hydroxyl groups excluding tert-OH is 1. The van der Waals surface area contributed by atoms with E-state index in [9.17, 15) is 19.2 Å². The predicted molar refractivity (Wildman–Crippen MR) is 328 cm³/mol. The van der Waals surface area contributed by atoms with Crippen molar-refractivity contribution in [2.24, 2.45) is 5.73 Å². The van der Waals surface area contributed by atoms with E-state index in [0.717, 1.165) is 103 Å². The van der Waals surface area contributed by atoms with Gasteiger partial charge in [-0.1, -0.05) is 285 Å². The highest BCUT2D eigenvalue weighted by Crippen LogP contribution is 2.16. The topological polar surface area (TPSA) is 198 Å². The van der Waals surface area contributed by atoms with E-state index < -0.39 is 12.1 Å². The van der Waals surface area contributed by atoms with E-state index in [2.05, 4.69) is 38.3 Å². The lowest BCUT2D eigenvalue weighted by Gasteiger charge is -2.08. The van der Waals surface area contributed by atoms with E-state index in [4.69, 9.17) is 30.5 Å². The number of rotatable bonds is 57. The second-order valence-electron chi connectivity index (χ2n) is 21.9. The summed E-state index contributed by atoms with van der Waals surface area (Å²) in [5.41, 5.74) is 5.45. The molecule has 0 fully saturated rings. The molecule has 462 valence electrons. The first kappa shape index (κ1) is 81.0. The van der Waals surface area contributed by atoms with Gasteiger partial charge in [-0.3, -0.25) is 14.4 Å². The van der Waals surface area contributed by atoms with E-state index in [1.54, 1.807) is 7.05 Å². The number of carboxylic acids is 1. The minimum atomic E-state index is -0.975. The van der Waals surface area contributed by atoms with Crippen molar-refractivity contribution in [2.45, 2.75) is 355 Å². The van der Waals surface area contributed by atoms with Crippen molar-refractivity contribution in [1.82, 2.24) is 10.6 Å². The second kappa shape index (κ2) is 75.6. The van der Waals surface area contributed by atoms with Crippen molar-refractivity contribution in [3.8, 4) is 0 Å². The van der Waals surface area contributed by atoms with Gasteiger partial charge in [0, 0.05) is 26.0 Å². The molecule has 1 amide bonds. The molecule has 7 N–H and O–H groups in total. The zero-order chi connectivity index (χ0) is 57.6. The molecule has 0 saturated heterocycles. The Morgan fingerprint density at radius 1 is 0.390 bits per heavy atom. The van der Waals surface area contributed by atoms with Gasteiger partial charge in [-0.05, 0) is 65.0 Å². The summed E-state index contributed by atoms with van der Waals surface area (Å²) in [6.07, 6.45) is 59.9. The van der Waals surface area contributed by atoms with Crippen LogP contribution in [0, 0.1) is 0 Å². The number of carbonyl (C=O) groups excluding carboxylic acids is 2. The summed E-state index contributed by atoms with van der Waals surface area (Å²) in [6, 6.07) is -0.361. The van der Waals surface area contributed by atoms with Crippen LogP contribution in [0.15, 0.2) is 0 Å². The molecule has 0 saturated carbocycles. The summed E-state index contributed by atoms with van der Waals surface area (Å²) in [5.74, 6) is -0.869. The molecule has 1 atom stereocenters. The van der Waals surface area contributed by atoms with Crippen LogP contribution < -0.4 is 16.4 Å². The third kappa shape index (κ3) is 82.5. The number of esters is 2. The lowest BCUT2D eigenvalue weighted by molar-refractivity contribution is -0.144. The van der Waals surface area contributed by atoms with E-state index >= 15 is 0 Å². The van der Waals surface area contributed by atoms with Crippen LogP contribution in [0.2, 0.25) is 0 Å².